The fourth-order valence-electron chi connectivity index (χ4n) is 1.95. The number of halogens is 2. The predicted octanol–water partition coefficient (Wildman–Crippen LogP) is 4.80. The Morgan fingerprint density at radius 1 is 1.33 bits per heavy atom. The van der Waals surface area contributed by atoms with Gasteiger partial charge in [-0.25, -0.2) is 4.68 Å². The van der Waals surface area contributed by atoms with Crippen LogP contribution in [-0.4, -0.2) is 9.78 Å². The molecular formula is C14H16BrClN2. The molecule has 2 nitrogen and oxygen atoms in total. The molecule has 2 rings (SSSR count). The minimum atomic E-state index is 0.579. The zero-order chi connectivity index (χ0) is 13.3. The Labute approximate surface area is 121 Å². The number of hydrogen-bond donors (Lipinski definition) is 0. The second-order valence-electron chi connectivity index (χ2n) is 4.90. The minimum absolute atomic E-state index is 0.579. The van der Waals surface area contributed by atoms with Gasteiger partial charge in [0.05, 0.1) is 11.4 Å². The fraction of sp³-hybridized carbons (Fsp3) is 0.357. The zero-order valence-corrected chi connectivity index (χ0v) is 13.1. The van der Waals surface area contributed by atoms with Gasteiger partial charge in [-0.3, -0.25) is 0 Å². The fourth-order valence-corrected chi connectivity index (χ4v) is 2.68. The number of benzene rings is 1. The maximum atomic E-state index is 6.26. The second kappa shape index (κ2) is 5.45. The third kappa shape index (κ3) is 2.96. The Hall–Kier alpha value is -0.800. The van der Waals surface area contributed by atoms with E-state index in [9.17, 15) is 0 Å². The summed E-state index contributed by atoms with van der Waals surface area (Å²) < 4.78 is 2.87. The predicted molar refractivity (Wildman–Crippen MR) is 79.6 cm³/mol. The Bertz CT molecular complexity index is 561. The highest BCUT2D eigenvalue weighted by Gasteiger charge is 2.11. The maximum Gasteiger partial charge on any atom is 0.133 e. The molecule has 1 heterocycles. The summed E-state index contributed by atoms with van der Waals surface area (Å²) in [6.07, 6.45) is 0.947. The normalized spacial score (nSPS) is 11.2. The van der Waals surface area contributed by atoms with E-state index in [2.05, 4.69) is 47.9 Å². The Morgan fingerprint density at radius 3 is 2.67 bits per heavy atom. The van der Waals surface area contributed by atoms with Crippen LogP contribution in [0, 0.1) is 12.8 Å². The van der Waals surface area contributed by atoms with Crippen molar-refractivity contribution in [1.82, 2.24) is 9.78 Å². The smallest absolute Gasteiger partial charge is 0.133 e. The summed E-state index contributed by atoms with van der Waals surface area (Å²) in [6.45, 7) is 6.41. The van der Waals surface area contributed by atoms with Crippen LogP contribution in [-0.2, 0) is 6.42 Å². The van der Waals surface area contributed by atoms with Gasteiger partial charge in [0, 0.05) is 4.47 Å². The molecule has 2 aromatic rings. The van der Waals surface area contributed by atoms with Gasteiger partial charge in [0.2, 0.25) is 0 Å². The molecule has 0 saturated heterocycles. The number of nitrogens with zero attached hydrogens (tertiary/aromatic N) is 2. The molecule has 1 aromatic heterocycles. The van der Waals surface area contributed by atoms with Gasteiger partial charge in [-0.15, -0.1) is 0 Å². The molecule has 0 radical (unpaired) electrons. The molecule has 0 aliphatic carbocycles. The standard InChI is InChI=1S/C14H16BrClN2/c1-9(2)6-12-8-14(16)18(17-12)13-5-4-11(15)7-10(13)3/h4-5,7-9H,6H2,1-3H3. The number of aromatic nitrogens is 2. The van der Waals surface area contributed by atoms with Gasteiger partial charge >= 0.3 is 0 Å². The molecule has 0 N–H and O–H groups in total. The first-order chi connectivity index (χ1) is 8.47. The van der Waals surface area contributed by atoms with E-state index in [1.54, 1.807) is 4.68 Å². The van der Waals surface area contributed by atoms with Gasteiger partial charge in [-0.2, -0.15) is 5.10 Å². The summed E-state index contributed by atoms with van der Waals surface area (Å²) in [6, 6.07) is 8.04. The van der Waals surface area contributed by atoms with E-state index in [1.165, 1.54) is 0 Å². The largest absolute Gasteiger partial charge is 0.222 e. The molecule has 0 atom stereocenters. The van der Waals surface area contributed by atoms with Crippen molar-refractivity contribution in [3.63, 3.8) is 0 Å². The summed E-state index contributed by atoms with van der Waals surface area (Å²) >= 11 is 9.73. The summed E-state index contributed by atoms with van der Waals surface area (Å²) in [5, 5.41) is 5.24. The topological polar surface area (TPSA) is 17.8 Å². The molecule has 18 heavy (non-hydrogen) atoms. The average molecular weight is 328 g/mol. The molecule has 0 bridgehead atoms. The van der Waals surface area contributed by atoms with E-state index in [4.69, 9.17) is 11.6 Å². The lowest BCUT2D eigenvalue weighted by atomic mass is 10.1. The van der Waals surface area contributed by atoms with Crippen molar-refractivity contribution in [3.05, 3.63) is 45.1 Å². The van der Waals surface area contributed by atoms with E-state index in [0.29, 0.717) is 11.1 Å². The Kier molecular flexibility index (Phi) is 4.13. The number of hydrogen-bond acceptors (Lipinski definition) is 1. The Balaban J connectivity index is 2.41. The quantitative estimate of drug-likeness (QED) is 0.792. The van der Waals surface area contributed by atoms with Crippen LogP contribution < -0.4 is 0 Å². The van der Waals surface area contributed by atoms with E-state index >= 15 is 0 Å². The molecule has 0 aliphatic heterocycles. The number of rotatable bonds is 3. The first-order valence-electron chi connectivity index (χ1n) is 5.98. The van der Waals surface area contributed by atoms with Gasteiger partial charge in [0.1, 0.15) is 5.15 Å². The molecule has 0 saturated carbocycles. The molecule has 0 spiro atoms. The van der Waals surface area contributed by atoms with Gasteiger partial charge in [0.15, 0.2) is 0 Å². The van der Waals surface area contributed by atoms with Crippen LogP contribution in [0.3, 0.4) is 0 Å². The third-order valence-corrected chi connectivity index (χ3v) is 3.48. The van der Waals surface area contributed by atoms with Crippen LogP contribution in [0.5, 0.6) is 0 Å². The molecule has 4 heteroatoms. The van der Waals surface area contributed by atoms with Crippen LogP contribution in [0.2, 0.25) is 5.15 Å². The SMILES string of the molecule is Cc1cc(Br)ccc1-n1nc(CC(C)C)cc1Cl. The van der Waals surface area contributed by atoms with Gasteiger partial charge in [-0.1, -0.05) is 41.4 Å². The lowest BCUT2D eigenvalue weighted by molar-refractivity contribution is 0.628. The number of aryl methyl sites for hydroxylation is 1. The highest BCUT2D eigenvalue weighted by Crippen LogP contribution is 2.23. The van der Waals surface area contributed by atoms with Gasteiger partial charge in [0.25, 0.3) is 0 Å². The highest BCUT2D eigenvalue weighted by molar-refractivity contribution is 9.10. The van der Waals surface area contributed by atoms with Crippen molar-refractivity contribution < 1.29 is 0 Å². The second-order valence-corrected chi connectivity index (χ2v) is 6.20. The van der Waals surface area contributed by atoms with Crippen molar-refractivity contribution in [2.75, 3.05) is 0 Å². The van der Waals surface area contributed by atoms with Crippen molar-refractivity contribution in [1.29, 1.82) is 0 Å². The summed E-state index contributed by atoms with van der Waals surface area (Å²) in [7, 11) is 0. The van der Waals surface area contributed by atoms with E-state index in [-0.39, 0.29) is 0 Å². The van der Waals surface area contributed by atoms with E-state index < -0.39 is 0 Å². The zero-order valence-electron chi connectivity index (χ0n) is 10.7. The minimum Gasteiger partial charge on any atom is -0.222 e. The summed E-state index contributed by atoms with van der Waals surface area (Å²) in [4.78, 5) is 0. The summed E-state index contributed by atoms with van der Waals surface area (Å²) in [5.74, 6) is 0.579. The van der Waals surface area contributed by atoms with Crippen molar-refractivity contribution in [2.45, 2.75) is 27.2 Å². The molecule has 96 valence electrons. The lowest BCUT2D eigenvalue weighted by Crippen LogP contribution is -2.01. The van der Waals surface area contributed by atoms with Crippen molar-refractivity contribution >= 4 is 27.5 Å². The molecule has 0 unspecified atom stereocenters. The third-order valence-electron chi connectivity index (χ3n) is 2.72. The van der Waals surface area contributed by atoms with Gasteiger partial charge < -0.3 is 0 Å². The molecule has 0 fully saturated rings. The molecule has 0 aliphatic rings. The van der Waals surface area contributed by atoms with Crippen LogP contribution in [0.1, 0.15) is 25.1 Å². The summed E-state index contributed by atoms with van der Waals surface area (Å²) in [5.41, 5.74) is 3.21. The molecule has 1 aromatic carbocycles. The van der Waals surface area contributed by atoms with E-state index in [0.717, 1.165) is 27.8 Å². The maximum absolute atomic E-state index is 6.26. The van der Waals surface area contributed by atoms with Crippen LogP contribution >= 0.6 is 27.5 Å². The van der Waals surface area contributed by atoms with Crippen LogP contribution in [0.4, 0.5) is 0 Å². The first-order valence-corrected chi connectivity index (χ1v) is 7.15. The Morgan fingerprint density at radius 2 is 2.06 bits per heavy atom. The van der Waals surface area contributed by atoms with Crippen molar-refractivity contribution in [3.8, 4) is 5.69 Å². The monoisotopic (exact) mass is 326 g/mol. The van der Waals surface area contributed by atoms with Gasteiger partial charge in [-0.05, 0) is 49.1 Å². The first kappa shape index (κ1) is 13.6. The van der Waals surface area contributed by atoms with Crippen molar-refractivity contribution in [2.24, 2.45) is 5.92 Å². The highest BCUT2D eigenvalue weighted by atomic mass is 79.9. The van der Waals surface area contributed by atoms with Crippen LogP contribution in [0.25, 0.3) is 5.69 Å². The van der Waals surface area contributed by atoms with E-state index in [1.807, 2.05) is 18.2 Å². The molecular weight excluding hydrogens is 312 g/mol. The molecule has 0 amide bonds. The van der Waals surface area contributed by atoms with Crippen LogP contribution in [0.15, 0.2) is 28.7 Å². The lowest BCUT2D eigenvalue weighted by Gasteiger charge is -2.07. The average Bonchev–Trinajstić information content (AvgIpc) is 2.58.